The van der Waals surface area contributed by atoms with Crippen LogP contribution < -0.4 is 4.18 Å². The van der Waals surface area contributed by atoms with Gasteiger partial charge in [0.2, 0.25) is 0 Å². The van der Waals surface area contributed by atoms with Gasteiger partial charge in [0.1, 0.15) is 11.6 Å². The lowest BCUT2D eigenvalue weighted by molar-refractivity contribution is -0.0500. The van der Waals surface area contributed by atoms with Crippen molar-refractivity contribution in [2.75, 3.05) is 0 Å². The molecule has 0 amide bonds. The molecule has 0 aromatic heterocycles. The first-order valence-electron chi connectivity index (χ1n) is 5.26. The van der Waals surface area contributed by atoms with Crippen molar-refractivity contribution in [2.24, 2.45) is 0 Å². The van der Waals surface area contributed by atoms with Gasteiger partial charge < -0.3 is 4.18 Å². The van der Waals surface area contributed by atoms with Gasteiger partial charge in [-0.25, -0.2) is 4.39 Å². The second-order valence-corrected chi connectivity index (χ2v) is 5.79. The lowest BCUT2D eigenvalue weighted by Gasteiger charge is -2.15. The first-order chi connectivity index (χ1) is 8.45. The van der Waals surface area contributed by atoms with Gasteiger partial charge in [0.05, 0.1) is 0 Å². The predicted molar refractivity (Wildman–Crippen MR) is 60.8 cm³/mol. The lowest BCUT2D eigenvalue weighted by Crippen LogP contribution is -2.28. The molecule has 19 heavy (non-hydrogen) atoms. The lowest BCUT2D eigenvalue weighted by atomic mass is 9.97. The molecule has 0 fully saturated rings. The van der Waals surface area contributed by atoms with Gasteiger partial charge in [0.25, 0.3) is 0 Å². The van der Waals surface area contributed by atoms with Crippen molar-refractivity contribution in [3.8, 4) is 5.75 Å². The zero-order valence-electron chi connectivity index (χ0n) is 10.4. The first kappa shape index (κ1) is 15.7. The van der Waals surface area contributed by atoms with Crippen molar-refractivity contribution in [1.29, 1.82) is 0 Å². The molecule has 1 aromatic rings. The fourth-order valence-electron chi connectivity index (χ4n) is 1.53. The molecule has 0 atom stereocenters. The summed E-state index contributed by atoms with van der Waals surface area (Å²) in [5.41, 5.74) is -5.01. The average molecular weight is 300 g/mol. The van der Waals surface area contributed by atoms with Crippen LogP contribution in [-0.4, -0.2) is 13.9 Å². The zero-order chi connectivity index (χ0) is 15.0. The Morgan fingerprint density at radius 3 is 2.16 bits per heavy atom. The summed E-state index contributed by atoms with van der Waals surface area (Å²) in [6, 6.07) is 1.75. The quantitative estimate of drug-likeness (QED) is 0.487. The highest BCUT2D eigenvalue weighted by atomic mass is 32.2. The average Bonchev–Trinajstić information content (AvgIpc) is 2.20. The van der Waals surface area contributed by atoms with E-state index >= 15 is 0 Å². The third kappa shape index (κ3) is 3.37. The van der Waals surface area contributed by atoms with E-state index in [-0.39, 0.29) is 11.5 Å². The van der Waals surface area contributed by atoms with Crippen molar-refractivity contribution in [1.82, 2.24) is 0 Å². The molecular formula is C11H12F4O3S. The SMILES string of the molecule is Cc1c(OS(=O)(=O)C(F)(F)F)cc(F)cc1C(C)C. The fourth-order valence-corrected chi connectivity index (χ4v) is 2.03. The van der Waals surface area contributed by atoms with Gasteiger partial charge in [-0.1, -0.05) is 13.8 Å². The number of rotatable bonds is 3. The maximum Gasteiger partial charge on any atom is 0.534 e. The molecule has 0 bridgehead atoms. The Balaban J connectivity index is 3.31. The molecule has 0 aliphatic carbocycles. The maximum atomic E-state index is 13.3. The first-order valence-corrected chi connectivity index (χ1v) is 6.67. The van der Waals surface area contributed by atoms with Crippen molar-refractivity contribution < 1.29 is 30.2 Å². The minimum absolute atomic E-state index is 0.157. The molecule has 0 spiro atoms. The summed E-state index contributed by atoms with van der Waals surface area (Å²) >= 11 is 0. The van der Waals surface area contributed by atoms with Gasteiger partial charge in [0.15, 0.2) is 0 Å². The maximum absolute atomic E-state index is 13.3. The van der Waals surface area contributed by atoms with Crippen molar-refractivity contribution >= 4 is 10.1 Å². The molecule has 0 radical (unpaired) electrons. The Morgan fingerprint density at radius 2 is 1.74 bits per heavy atom. The largest absolute Gasteiger partial charge is 0.534 e. The molecule has 3 nitrogen and oxygen atoms in total. The highest BCUT2D eigenvalue weighted by Crippen LogP contribution is 2.33. The number of hydrogen-bond acceptors (Lipinski definition) is 3. The molecule has 8 heteroatoms. The second kappa shape index (κ2) is 4.99. The van der Waals surface area contributed by atoms with E-state index < -0.39 is 27.2 Å². The van der Waals surface area contributed by atoms with Crippen LogP contribution in [0, 0.1) is 12.7 Å². The minimum atomic E-state index is -5.80. The van der Waals surface area contributed by atoms with Gasteiger partial charge in [-0.15, -0.1) is 0 Å². The Labute approximate surface area is 108 Å². The monoisotopic (exact) mass is 300 g/mol. The van der Waals surface area contributed by atoms with Crippen molar-refractivity contribution in [3.05, 3.63) is 29.1 Å². The molecule has 1 aromatic carbocycles. The van der Waals surface area contributed by atoms with Crippen LogP contribution in [0.15, 0.2) is 12.1 Å². The van der Waals surface area contributed by atoms with Crippen LogP contribution >= 0.6 is 0 Å². The van der Waals surface area contributed by atoms with Crippen LogP contribution in [0.4, 0.5) is 17.6 Å². The van der Waals surface area contributed by atoms with Gasteiger partial charge in [-0.05, 0) is 30.0 Å². The normalized spacial score (nSPS) is 12.8. The topological polar surface area (TPSA) is 43.4 Å². The smallest absolute Gasteiger partial charge is 0.376 e. The molecule has 108 valence electrons. The van der Waals surface area contributed by atoms with E-state index in [1.165, 1.54) is 6.92 Å². The molecule has 0 saturated carbocycles. The summed E-state index contributed by atoms with van der Waals surface area (Å²) in [6.07, 6.45) is 0. The Hall–Kier alpha value is -1.31. The summed E-state index contributed by atoms with van der Waals surface area (Å²) in [7, 11) is -5.80. The highest BCUT2D eigenvalue weighted by molar-refractivity contribution is 7.88. The van der Waals surface area contributed by atoms with Gasteiger partial charge in [0, 0.05) is 6.07 Å². The predicted octanol–water partition coefficient (Wildman–Crippen LogP) is 3.49. The van der Waals surface area contributed by atoms with E-state index in [0.717, 1.165) is 6.07 Å². The second-order valence-electron chi connectivity index (χ2n) is 4.26. The van der Waals surface area contributed by atoms with Crippen LogP contribution in [0.3, 0.4) is 0 Å². The highest BCUT2D eigenvalue weighted by Gasteiger charge is 2.48. The molecule has 0 aliphatic heterocycles. The van der Waals surface area contributed by atoms with E-state index in [1.807, 2.05) is 0 Å². The molecule has 0 saturated heterocycles. The third-order valence-electron chi connectivity index (χ3n) is 2.47. The number of halogens is 4. The van der Waals surface area contributed by atoms with E-state index in [2.05, 4.69) is 4.18 Å². The Bertz CT molecular complexity index is 576. The molecule has 0 unspecified atom stereocenters. The van der Waals surface area contributed by atoms with Crippen LogP contribution in [0.1, 0.15) is 30.9 Å². The molecule has 1 rings (SSSR count). The summed E-state index contributed by atoms with van der Waals surface area (Å²) in [6.45, 7) is 4.77. The van der Waals surface area contributed by atoms with Crippen molar-refractivity contribution in [2.45, 2.75) is 32.2 Å². The van der Waals surface area contributed by atoms with Crippen LogP contribution in [-0.2, 0) is 10.1 Å². The summed E-state index contributed by atoms with van der Waals surface area (Å²) in [5, 5.41) is 0. The third-order valence-corrected chi connectivity index (χ3v) is 3.44. The van der Waals surface area contributed by atoms with Gasteiger partial charge >= 0.3 is 15.6 Å². The number of alkyl halides is 3. The molecule has 0 heterocycles. The summed E-state index contributed by atoms with van der Waals surface area (Å²) in [5.74, 6) is -1.70. The van der Waals surface area contributed by atoms with E-state index in [4.69, 9.17) is 0 Å². The van der Waals surface area contributed by atoms with Gasteiger partial charge in [-0.2, -0.15) is 21.6 Å². The molecular weight excluding hydrogens is 288 g/mol. The Morgan fingerprint density at radius 1 is 1.21 bits per heavy atom. The molecule has 0 N–H and O–H groups in total. The van der Waals surface area contributed by atoms with E-state index in [0.29, 0.717) is 11.6 Å². The fraction of sp³-hybridized carbons (Fsp3) is 0.455. The van der Waals surface area contributed by atoms with E-state index in [1.54, 1.807) is 13.8 Å². The minimum Gasteiger partial charge on any atom is -0.376 e. The Kier molecular flexibility index (Phi) is 4.14. The standard InChI is InChI=1S/C11H12F4O3S/c1-6(2)9-4-8(12)5-10(7(9)3)18-19(16,17)11(13,14)15/h4-6H,1-3H3. The van der Waals surface area contributed by atoms with Crippen molar-refractivity contribution in [3.63, 3.8) is 0 Å². The zero-order valence-corrected chi connectivity index (χ0v) is 11.2. The number of benzene rings is 1. The molecule has 0 aliphatic rings. The van der Waals surface area contributed by atoms with Crippen LogP contribution in [0.5, 0.6) is 5.75 Å². The van der Waals surface area contributed by atoms with E-state index in [9.17, 15) is 26.0 Å². The number of hydrogen-bond donors (Lipinski definition) is 0. The summed E-state index contributed by atoms with van der Waals surface area (Å²) in [4.78, 5) is 0. The summed E-state index contributed by atoms with van der Waals surface area (Å²) < 4.78 is 75.7. The van der Waals surface area contributed by atoms with Crippen LogP contribution in [0.2, 0.25) is 0 Å². The van der Waals surface area contributed by atoms with Gasteiger partial charge in [-0.3, -0.25) is 0 Å². The van der Waals surface area contributed by atoms with Crippen LogP contribution in [0.25, 0.3) is 0 Å².